The number of nitrogens with one attached hydrogen (secondary N) is 1. The second-order valence-electron chi connectivity index (χ2n) is 7.66. The molecule has 1 atom stereocenters. The van der Waals surface area contributed by atoms with E-state index in [9.17, 15) is 0 Å². The SMILES string of the molecule is CCN(CC)CCC[C@@H](C)Nc1nc(/C=C/c2ccc(Br)cc2)nc2cccc(Cl)c12. The van der Waals surface area contributed by atoms with E-state index in [0.29, 0.717) is 10.8 Å². The molecular formula is C25H30BrClN4. The molecule has 3 aromatic rings. The molecule has 0 amide bonds. The van der Waals surface area contributed by atoms with Crippen molar-refractivity contribution >= 4 is 56.4 Å². The summed E-state index contributed by atoms with van der Waals surface area (Å²) in [5.41, 5.74) is 1.94. The van der Waals surface area contributed by atoms with Gasteiger partial charge >= 0.3 is 0 Å². The summed E-state index contributed by atoms with van der Waals surface area (Å²) in [7, 11) is 0. The van der Waals surface area contributed by atoms with Gasteiger partial charge in [-0.2, -0.15) is 0 Å². The zero-order chi connectivity index (χ0) is 22.2. The third-order valence-corrected chi connectivity index (χ3v) is 6.22. The van der Waals surface area contributed by atoms with E-state index in [1.54, 1.807) is 0 Å². The van der Waals surface area contributed by atoms with Gasteiger partial charge in [-0.05, 0) is 75.3 Å². The lowest BCUT2D eigenvalue weighted by Crippen LogP contribution is -2.25. The molecule has 0 bridgehead atoms. The number of halogens is 2. The molecule has 6 heteroatoms. The van der Waals surface area contributed by atoms with Gasteiger partial charge in [-0.15, -0.1) is 0 Å². The highest BCUT2D eigenvalue weighted by atomic mass is 79.9. The Labute approximate surface area is 198 Å². The Kier molecular flexibility index (Phi) is 8.88. The standard InChI is InChI=1S/C25H30BrClN4/c1-4-31(5-2)17-7-8-18(3)28-25-24-21(27)9-6-10-22(24)29-23(30-25)16-13-19-11-14-20(26)15-12-19/h6,9-16,18H,4-5,7-8,17H2,1-3H3,(H,28,29,30)/b16-13+/t18-/m1/s1. The van der Waals surface area contributed by atoms with Crippen LogP contribution < -0.4 is 5.32 Å². The number of aromatic nitrogens is 2. The molecule has 3 rings (SSSR count). The van der Waals surface area contributed by atoms with Crippen molar-refractivity contribution in [3.8, 4) is 0 Å². The van der Waals surface area contributed by atoms with E-state index in [-0.39, 0.29) is 6.04 Å². The lowest BCUT2D eigenvalue weighted by Gasteiger charge is -2.20. The van der Waals surface area contributed by atoms with E-state index in [4.69, 9.17) is 21.6 Å². The lowest BCUT2D eigenvalue weighted by atomic mass is 10.1. The zero-order valence-electron chi connectivity index (χ0n) is 18.4. The summed E-state index contributed by atoms with van der Waals surface area (Å²) >= 11 is 9.99. The van der Waals surface area contributed by atoms with Gasteiger partial charge in [0.05, 0.1) is 15.9 Å². The largest absolute Gasteiger partial charge is 0.367 e. The number of rotatable bonds is 10. The number of nitrogens with zero attached hydrogens (tertiary/aromatic N) is 3. The molecule has 0 spiro atoms. The molecule has 164 valence electrons. The van der Waals surface area contributed by atoms with Crippen LogP contribution in [0.3, 0.4) is 0 Å². The first-order chi connectivity index (χ1) is 15.0. The Hall–Kier alpha value is -1.95. The van der Waals surface area contributed by atoms with Crippen LogP contribution in [0.2, 0.25) is 5.02 Å². The van der Waals surface area contributed by atoms with E-state index < -0.39 is 0 Å². The number of hydrogen-bond acceptors (Lipinski definition) is 4. The van der Waals surface area contributed by atoms with E-state index in [1.165, 1.54) is 0 Å². The monoisotopic (exact) mass is 500 g/mol. The van der Waals surface area contributed by atoms with Crippen LogP contribution in [0.15, 0.2) is 46.9 Å². The summed E-state index contributed by atoms with van der Waals surface area (Å²) in [6.07, 6.45) is 6.18. The smallest absolute Gasteiger partial charge is 0.154 e. The molecule has 0 unspecified atom stereocenters. The van der Waals surface area contributed by atoms with Crippen LogP contribution in [-0.4, -0.2) is 40.5 Å². The average Bonchev–Trinajstić information content (AvgIpc) is 2.76. The summed E-state index contributed by atoms with van der Waals surface area (Å²) in [5.74, 6) is 1.46. The molecule has 1 aromatic heterocycles. The molecule has 31 heavy (non-hydrogen) atoms. The molecule has 0 radical (unpaired) electrons. The van der Waals surface area contributed by atoms with Crippen molar-refractivity contribution in [2.75, 3.05) is 25.0 Å². The Balaban J connectivity index is 1.80. The van der Waals surface area contributed by atoms with Gasteiger partial charge in [-0.3, -0.25) is 0 Å². The van der Waals surface area contributed by atoms with Gasteiger partial charge in [0.1, 0.15) is 5.82 Å². The summed E-state index contributed by atoms with van der Waals surface area (Å²) < 4.78 is 1.06. The second kappa shape index (κ2) is 11.6. The topological polar surface area (TPSA) is 41.0 Å². The zero-order valence-corrected chi connectivity index (χ0v) is 20.7. The van der Waals surface area contributed by atoms with E-state index in [1.807, 2.05) is 42.5 Å². The van der Waals surface area contributed by atoms with Gasteiger partial charge in [0.2, 0.25) is 0 Å². The normalized spacial score (nSPS) is 12.7. The van der Waals surface area contributed by atoms with Crippen molar-refractivity contribution in [3.63, 3.8) is 0 Å². The highest BCUT2D eigenvalue weighted by Crippen LogP contribution is 2.29. The minimum absolute atomic E-state index is 0.285. The van der Waals surface area contributed by atoms with Crippen LogP contribution in [-0.2, 0) is 0 Å². The minimum atomic E-state index is 0.285. The fourth-order valence-corrected chi connectivity index (χ4v) is 4.07. The first-order valence-electron chi connectivity index (χ1n) is 10.9. The van der Waals surface area contributed by atoms with Gasteiger partial charge in [0, 0.05) is 10.5 Å². The Morgan fingerprint density at radius 2 is 1.81 bits per heavy atom. The van der Waals surface area contributed by atoms with Crippen molar-refractivity contribution in [3.05, 3.63) is 63.3 Å². The lowest BCUT2D eigenvalue weighted by molar-refractivity contribution is 0.295. The van der Waals surface area contributed by atoms with Crippen molar-refractivity contribution in [2.45, 2.75) is 39.7 Å². The molecule has 0 saturated heterocycles. The number of hydrogen-bond donors (Lipinski definition) is 1. The average molecular weight is 502 g/mol. The molecule has 4 nitrogen and oxygen atoms in total. The third-order valence-electron chi connectivity index (χ3n) is 5.37. The maximum Gasteiger partial charge on any atom is 0.154 e. The van der Waals surface area contributed by atoms with Crippen molar-refractivity contribution in [1.29, 1.82) is 0 Å². The summed E-state index contributed by atoms with van der Waals surface area (Å²) in [4.78, 5) is 12.0. The van der Waals surface area contributed by atoms with Crippen molar-refractivity contribution in [1.82, 2.24) is 14.9 Å². The van der Waals surface area contributed by atoms with Gasteiger partial charge in [0.15, 0.2) is 5.82 Å². The Morgan fingerprint density at radius 3 is 2.52 bits per heavy atom. The predicted molar refractivity (Wildman–Crippen MR) is 138 cm³/mol. The molecular weight excluding hydrogens is 472 g/mol. The maximum absolute atomic E-state index is 6.52. The second-order valence-corrected chi connectivity index (χ2v) is 8.99. The molecule has 2 aromatic carbocycles. The Morgan fingerprint density at radius 1 is 1.06 bits per heavy atom. The van der Waals surface area contributed by atoms with E-state index in [2.05, 4.69) is 59.1 Å². The fraction of sp³-hybridized carbons (Fsp3) is 0.360. The molecule has 0 aliphatic carbocycles. The fourth-order valence-electron chi connectivity index (χ4n) is 3.55. The van der Waals surface area contributed by atoms with Crippen LogP contribution in [0.25, 0.3) is 23.1 Å². The highest BCUT2D eigenvalue weighted by molar-refractivity contribution is 9.10. The van der Waals surface area contributed by atoms with Crippen LogP contribution >= 0.6 is 27.5 Å². The highest BCUT2D eigenvalue weighted by Gasteiger charge is 2.13. The molecule has 1 N–H and O–H groups in total. The van der Waals surface area contributed by atoms with Crippen LogP contribution in [0.1, 0.15) is 45.0 Å². The predicted octanol–water partition coefficient (Wildman–Crippen LogP) is 7.14. The maximum atomic E-state index is 6.52. The summed E-state index contributed by atoms with van der Waals surface area (Å²) in [6.45, 7) is 9.93. The van der Waals surface area contributed by atoms with Crippen LogP contribution in [0.4, 0.5) is 5.82 Å². The van der Waals surface area contributed by atoms with Gasteiger partial charge in [0.25, 0.3) is 0 Å². The van der Waals surface area contributed by atoms with Crippen molar-refractivity contribution in [2.24, 2.45) is 0 Å². The van der Waals surface area contributed by atoms with Crippen LogP contribution in [0.5, 0.6) is 0 Å². The molecule has 0 aliphatic heterocycles. The number of benzene rings is 2. The molecule has 0 saturated carbocycles. The van der Waals surface area contributed by atoms with E-state index in [0.717, 1.165) is 59.2 Å². The molecule has 1 heterocycles. The minimum Gasteiger partial charge on any atom is -0.367 e. The number of fused-ring (bicyclic) bond motifs is 1. The quantitative estimate of drug-likeness (QED) is 0.320. The first kappa shape index (κ1) is 23.7. The summed E-state index contributed by atoms with van der Waals surface area (Å²) in [5, 5.41) is 5.13. The van der Waals surface area contributed by atoms with Gasteiger partial charge < -0.3 is 10.2 Å². The Bertz CT molecular complexity index is 1020. The molecule has 0 fully saturated rings. The number of anilines is 1. The van der Waals surface area contributed by atoms with Gasteiger partial charge in [-0.25, -0.2) is 9.97 Å². The van der Waals surface area contributed by atoms with Crippen LogP contribution in [0, 0.1) is 0 Å². The summed E-state index contributed by atoms with van der Waals surface area (Å²) in [6, 6.07) is 14.2. The van der Waals surface area contributed by atoms with E-state index >= 15 is 0 Å². The van der Waals surface area contributed by atoms with Gasteiger partial charge in [-0.1, -0.05) is 65.7 Å². The van der Waals surface area contributed by atoms with Crippen molar-refractivity contribution < 1.29 is 0 Å². The third kappa shape index (κ3) is 6.76. The first-order valence-corrected chi connectivity index (χ1v) is 12.1. The molecule has 0 aliphatic rings.